The molecule has 0 radical (unpaired) electrons. The van der Waals surface area contributed by atoms with Crippen molar-refractivity contribution in [3.05, 3.63) is 177 Å². The van der Waals surface area contributed by atoms with Crippen LogP contribution in [0.25, 0.3) is 22.3 Å². The van der Waals surface area contributed by atoms with Crippen LogP contribution in [0.1, 0.15) is 125 Å². The maximum atomic E-state index is 15.8. The summed E-state index contributed by atoms with van der Waals surface area (Å²) in [7, 11) is 1.37. The number of carbonyl (C=O) groups is 4. The SMILES string of the molecule is C.CC(C)(C)OC(=O)c1ccccc1-c1cccc(CN2CCCc3cc(C(=O)O)ccc32)c1F.COC(=O)c1ccc2c(c1)CCCN2Cc1cccc(-c2ccccc2C(=O)OC(C)(C)C)c1F.O.[Na+].[OH-]. The van der Waals surface area contributed by atoms with E-state index < -0.39 is 29.1 Å². The molecule has 382 valence electrons. The molecule has 12 nitrogen and oxygen atoms in total. The standard InChI is InChI=1S/C29H30FNO4.C28H28FNO4.CH4.Na.2H2O/c1-29(2,3)35-28(33)24-12-6-5-11-22(24)23-13-7-9-21(26(23)30)18-31-16-8-10-19-17-20(27(32)34-4)14-15-25(19)31;1-28(2,3)34-27(33)23-11-5-4-10-21(23)22-12-6-8-20(25(22)29)17-30-15-7-9-18-16-19(26(31)32)13-14-24(18)30;;;;/h5-7,9,11-15,17H,8,10,16,18H2,1-4H3;4-6,8,10-14,16H,7,9,15,17H2,1-3H3,(H,31,32);1H4;;2*1H2/q;;;+1;;/p-1. The van der Waals surface area contributed by atoms with E-state index in [1.54, 1.807) is 145 Å². The van der Waals surface area contributed by atoms with Crippen LogP contribution in [-0.4, -0.2) is 71.3 Å². The number of fused-ring (bicyclic) bond motifs is 2. The first-order valence-electron chi connectivity index (χ1n) is 23.1. The predicted octanol–water partition coefficient (Wildman–Crippen LogP) is 8.93. The van der Waals surface area contributed by atoms with Crippen molar-refractivity contribution in [2.24, 2.45) is 0 Å². The molecule has 6 aromatic carbocycles. The molecular formula is C58H65F2N2NaO10. The van der Waals surface area contributed by atoms with E-state index in [0.29, 0.717) is 63.2 Å². The van der Waals surface area contributed by atoms with E-state index in [9.17, 15) is 24.3 Å². The fourth-order valence-electron chi connectivity index (χ4n) is 8.75. The Labute approximate surface area is 449 Å². The van der Waals surface area contributed by atoms with Crippen LogP contribution in [0.4, 0.5) is 20.2 Å². The molecule has 0 spiro atoms. The van der Waals surface area contributed by atoms with Crippen molar-refractivity contribution in [1.82, 2.24) is 0 Å². The second-order valence-corrected chi connectivity index (χ2v) is 19.2. The number of carboxylic acids is 1. The Bertz CT molecular complexity index is 2910. The number of nitrogens with zero attached hydrogens (tertiary/aromatic N) is 2. The molecule has 0 aliphatic carbocycles. The largest absolute Gasteiger partial charge is 1.00 e. The third-order valence-corrected chi connectivity index (χ3v) is 11.8. The van der Waals surface area contributed by atoms with Gasteiger partial charge in [0.2, 0.25) is 0 Å². The summed E-state index contributed by atoms with van der Waals surface area (Å²) in [5.74, 6) is -3.04. The number of carboxylic acid groups (broad SMARTS) is 1. The summed E-state index contributed by atoms with van der Waals surface area (Å²) in [5.41, 5.74) is 6.76. The van der Waals surface area contributed by atoms with E-state index in [1.807, 2.05) is 18.2 Å². The predicted molar refractivity (Wildman–Crippen MR) is 276 cm³/mol. The molecule has 2 heterocycles. The quantitative estimate of drug-likeness (QED) is 0.0785. The summed E-state index contributed by atoms with van der Waals surface area (Å²) in [6, 6.07) is 34.9. The van der Waals surface area contributed by atoms with Crippen molar-refractivity contribution in [2.45, 2.75) is 98.9 Å². The third-order valence-electron chi connectivity index (χ3n) is 11.8. The fourth-order valence-corrected chi connectivity index (χ4v) is 8.75. The van der Waals surface area contributed by atoms with E-state index in [2.05, 4.69) is 9.80 Å². The monoisotopic (exact) mass is 1010 g/mol. The Morgan fingerprint density at radius 3 is 1.34 bits per heavy atom. The Kier molecular flexibility index (Phi) is 21.7. The van der Waals surface area contributed by atoms with Crippen LogP contribution in [-0.2, 0) is 40.1 Å². The Balaban J connectivity index is 0.000000365. The molecule has 4 N–H and O–H groups in total. The maximum absolute atomic E-state index is 15.8. The Hall–Kier alpha value is -6.42. The molecule has 0 amide bonds. The van der Waals surface area contributed by atoms with E-state index in [-0.39, 0.29) is 71.1 Å². The number of anilines is 2. The molecule has 0 atom stereocenters. The second kappa shape index (κ2) is 26.0. The number of aryl methyl sites for hydroxylation is 2. The molecular weight excluding hydrogens is 946 g/mol. The van der Waals surface area contributed by atoms with Crippen LogP contribution in [0.15, 0.2) is 121 Å². The van der Waals surface area contributed by atoms with Crippen molar-refractivity contribution >= 4 is 35.3 Å². The molecule has 0 aromatic heterocycles. The van der Waals surface area contributed by atoms with Gasteiger partial charge in [0.25, 0.3) is 0 Å². The zero-order chi connectivity index (χ0) is 49.6. The number of hydrogen-bond acceptors (Lipinski definition) is 10. The zero-order valence-corrected chi connectivity index (χ0v) is 44.1. The van der Waals surface area contributed by atoms with Crippen molar-refractivity contribution < 1.29 is 87.8 Å². The number of benzene rings is 6. The molecule has 8 rings (SSSR count). The molecule has 73 heavy (non-hydrogen) atoms. The van der Waals surface area contributed by atoms with Gasteiger partial charge < -0.3 is 40.1 Å². The van der Waals surface area contributed by atoms with E-state index >= 15 is 8.78 Å². The van der Waals surface area contributed by atoms with Crippen LogP contribution in [0, 0.1) is 11.6 Å². The number of halogens is 2. The van der Waals surface area contributed by atoms with Crippen LogP contribution in [0.3, 0.4) is 0 Å². The van der Waals surface area contributed by atoms with Crippen LogP contribution in [0.5, 0.6) is 0 Å². The zero-order valence-electron chi connectivity index (χ0n) is 42.1. The molecule has 6 aromatic rings. The smallest absolute Gasteiger partial charge is 0.870 e. The normalized spacial score (nSPS) is 12.6. The summed E-state index contributed by atoms with van der Waals surface area (Å²) in [5, 5.41) is 9.29. The van der Waals surface area contributed by atoms with Gasteiger partial charge in [-0.25, -0.2) is 28.0 Å². The van der Waals surface area contributed by atoms with Gasteiger partial charge in [-0.1, -0.05) is 80.2 Å². The minimum absolute atomic E-state index is 0. The Morgan fingerprint density at radius 1 is 0.562 bits per heavy atom. The van der Waals surface area contributed by atoms with Crippen molar-refractivity contribution in [3.8, 4) is 22.3 Å². The number of carbonyl (C=O) groups excluding carboxylic acids is 3. The average Bonchev–Trinajstić information content (AvgIpc) is 3.31. The van der Waals surface area contributed by atoms with Gasteiger partial charge in [0.15, 0.2) is 0 Å². The second-order valence-electron chi connectivity index (χ2n) is 19.2. The molecule has 15 heteroatoms. The topological polar surface area (TPSA) is 184 Å². The fraction of sp³-hybridized carbons (Fsp3) is 0.310. The number of ether oxygens (including phenoxy) is 3. The summed E-state index contributed by atoms with van der Waals surface area (Å²) >= 11 is 0. The minimum Gasteiger partial charge on any atom is -0.870 e. The van der Waals surface area contributed by atoms with Crippen LogP contribution in [0.2, 0.25) is 0 Å². The van der Waals surface area contributed by atoms with Crippen molar-refractivity contribution in [1.29, 1.82) is 0 Å². The molecule has 2 aliphatic heterocycles. The Morgan fingerprint density at radius 2 is 0.945 bits per heavy atom. The molecule has 0 saturated heterocycles. The molecule has 0 unspecified atom stereocenters. The van der Waals surface area contributed by atoms with Gasteiger partial charge >= 0.3 is 53.4 Å². The van der Waals surface area contributed by atoms with Gasteiger partial charge in [0.1, 0.15) is 22.8 Å². The molecule has 2 aliphatic rings. The summed E-state index contributed by atoms with van der Waals surface area (Å²) in [4.78, 5) is 53.1. The molecule has 0 bridgehead atoms. The summed E-state index contributed by atoms with van der Waals surface area (Å²) in [6.07, 6.45) is 3.40. The number of aromatic carboxylic acids is 1. The summed E-state index contributed by atoms with van der Waals surface area (Å²) in [6.45, 7) is 13.0. The van der Waals surface area contributed by atoms with Crippen molar-refractivity contribution in [2.75, 3.05) is 30.0 Å². The van der Waals surface area contributed by atoms with E-state index in [0.717, 1.165) is 61.3 Å². The number of methoxy groups -OCH3 is 1. The number of esters is 3. The van der Waals surface area contributed by atoms with Gasteiger partial charge in [0.05, 0.1) is 29.4 Å². The van der Waals surface area contributed by atoms with Gasteiger partial charge in [-0.15, -0.1) is 0 Å². The first-order chi connectivity index (χ1) is 32.8. The average molecular weight is 1010 g/mol. The molecule has 0 saturated carbocycles. The summed E-state index contributed by atoms with van der Waals surface area (Å²) < 4.78 is 47.5. The minimum atomic E-state index is -0.956. The third kappa shape index (κ3) is 14.9. The maximum Gasteiger partial charge on any atom is 1.00 e. The number of hydrogen-bond donors (Lipinski definition) is 1. The van der Waals surface area contributed by atoms with Gasteiger partial charge in [-0.3, -0.25) is 0 Å². The number of rotatable bonds is 10. The van der Waals surface area contributed by atoms with Gasteiger partial charge in [-0.2, -0.15) is 0 Å². The van der Waals surface area contributed by atoms with E-state index in [4.69, 9.17) is 14.2 Å². The van der Waals surface area contributed by atoms with Crippen LogP contribution < -0.4 is 39.4 Å². The van der Waals surface area contributed by atoms with Gasteiger partial charge in [-0.05, 0) is 138 Å². The van der Waals surface area contributed by atoms with E-state index in [1.165, 1.54) is 7.11 Å². The van der Waals surface area contributed by atoms with Crippen molar-refractivity contribution in [3.63, 3.8) is 0 Å². The first-order valence-corrected chi connectivity index (χ1v) is 23.1. The van der Waals surface area contributed by atoms with Crippen LogP contribution >= 0.6 is 0 Å². The first kappa shape index (κ1) is 60.9. The van der Waals surface area contributed by atoms with Gasteiger partial charge in [0, 0.05) is 59.8 Å². The molecule has 0 fully saturated rings.